The van der Waals surface area contributed by atoms with Gasteiger partial charge in [-0.3, -0.25) is 0 Å². The molecule has 0 atom stereocenters. The summed E-state index contributed by atoms with van der Waals surface area (Å²) in [6, 6.07) is 0.595. The molecule has 4 saturated carbocycles. The van der Waals surface area contributed by atoms with E-state index in [2.05, 4.69) is 14.8 Å². The van der Waals surface area contributed by atoms with Gasteiger partial charge in [-0.25, -0.2) is 9.67 Å². The third-order valence-electron chi connectivity index (χ3n) is 5.01. The first kappa shape index (κ1) is 9.02. The second kappa shape index (κ2) is 2.99. The van der Waals surface area contributed by atoms with Crippen molar-refractivity contribution in [3.8, 4) is 0 Å². The van der Waals surface area contributed by atoms with Crippen LogP contribution < -0.4 is 5.73 Å². The average molecular weight is 218 g/mol. The molecule has 86 valence electrons. The van der Waals surface area contributed by atoms with Crippen molar-refractivity contribution in [3.05, 3.63) is 6.33 Å². The van der Waals surface area contributed by atoms with Crippen molar-refractivity contribution < 1.29 is 0 Å². The molecule has 0 amide bonds. The summed E-state index contributed by atoms with van der Waals surface area (Å²) in [6.07, 6.45) is 8.99. The van der Waals surface area contributed by atoms with Crippen LogP contribution in [0.2, 0.25) is 0 Å². The fourth-order valence-electron chi connectivity index (χ4n) is 4.76. The van der Waals surface area contributed by atoms with E-state index in [9.17, 15) is 0 Å². The van der Waals surface area contributed by atoms with E-state index in [1.807, 2.05) is 6.33 Å². The van der Waals surface area contributed by atoms with E-state index >= 15 is 0 Å². The van der Waals surface area contributed by atoms with Gasteiger partial charge in [-0.15, -0.1) is 5.10 Å². The second-order valence-electron chi connectivity index (χ2n) is 6.00. The van der Waals surface area contributed by atoms with Crippen molar-refractivity contribution in [2.45, 2.75) is 38.1 Å². The number of hydrogen-bond donors (Lipinski definition) is 1. The van der Waals surface area contributed by atoms with Gasteiger partial charge < -0.3 is 5.73 Å². The Morgan fingerprint density at radius 1 is 1.06 bits per heavy atom. The molecule has 4 nitrogen and oxygen atoms in total. The first-order chi connectivity index (χ1) is 7.79. The molecule has 2 N–H and O–H groups in total. The topological polar surface area (TPSA) is 56.7 Å². The highest BCUT2D eigenvalue weighted by Crippen LogP contribution is 2.57. The van der Waals surface area contributed by atoms with E-state index < -0.39 is 0 Å². The smallest absolute Gasteiger partial charge is 0.239 e. The number of nitrogens with two attached hydrogens (primary N) is 1. The van der Waals surface area contributed by atoms with Gasteiger partial charge in [0.2, 0.25) is 5.95 Å². The number of nitrogen functional groups attached to an aromatic ring is 1. The van der Waals surface area contributed by atoms with E-state index in [-0.39, 0.29) is 0 Å². The fraction of sp³-hybridized carbons (Fsp3) is 0.833. The summed E-state index contributed by atoms with van der Waals surface area (Å²) in [7, 11) is 0. The van der Waals surface area contributed by atoms with Gasteiger partial charge in [-0.05, 0) is 55.8 Å². The largest absolute Gasteiger partial charge is 0.367 e. The number of hydrogen-bond acceptors (Lipinski definition) is 3. The maximum atomic E-state index is 5.63. The minimum Gasteiger partial charge on any atom is -0.367 e. The molecule has 4 bridgehead atoms. The Kier molecular flexibility index (Phi) is 1.69. The monoisotopic (exact) mass is 218 g/mol. The molecule has 0 aromatic carbocycles. The third kappa shape index (κ3) is 1.16. The average Bonchev–Trinajstić information content (AvgIpc) is 2.63. The Morgan fingerprint density at radius 2 is 1.69 bits per heavy atom. The number of rotatable bonds is 1. The molecule has 1 aromatic heterocycles. The van der Waals surface area contributed by atoms with Gasteiger partial charge in [0.1, 0.15) is 6.33 Å². The molecule has 1 aromatic rings. The third-order valence-corrected chi connectivity index (χ3v) is 5.01. The van der Waals surface area contributed by atoms with E-state index in [1.54, 1.807) is 0 Å². The predicted molar refractivity (Wildman–Crippen MR) is 60.5 cm³/mol. The van der Waals surface area contributed by atoms with Crippen LogP contribution in [0.3, 0.4) is 0 Å². The Bertz CT molecular complexity index is 383. The Hall–Kier alpha value is -1.06. The predicted octanol–water partition coefficient (Wildman–Crippen LogP) is 1.86. The molecule has 0 radical (unpaired) electrons. The zero-order valence-electron chi connectivity index (χ0n) is 9.42. The zero-order chi connectivity index (χ0) is 10.7. The Labute approximate surface area is 95.2 Å². The highest BCUT2D eigenvalue weighted by molar-refractivity contribution is 5.11. The molecular formula is C12H18N4. The lowest BCUT2D eigenvalue weighted by Gasteiger charge is -2.54. The number of nitrogens with zero attached hydrogens (tertiary/aromatic N) is 3. The first-order valence-corrected chi connectivity index (χ1v) is 6.46. The lowest BCUT2D eigenvalue weighted by Crippen LogP contribution is -2.46. The minimum atomic E-state index is 0.425. The lowest BCUT2D eigenvalue weighted by atomic mass is 9.54. The van der Waals surface area contributed by atoms with Gasteiger partial charge in [0.15, 0.2) is 0 Å². The van der Waals surface area contributed by atoms with Crippen molar-refractivity contribution in [3.63, 3.8) is 0 Å². The van der Waals surface area contributed by atoms with Crippen molar-refractivity contribution in [1.29, 1.82) is 0 Å². The van der Waals surface area contributed by atoms with Crippen molar-refractivity contribution >= 4 is 5.95 Å². The van der Waals surface area contributed by atoms with Gasteiger partial charge >= 0.3 is 0 Å². The van der Waals surface area contributed by atoms with Crippen LogP contribution in [0.15, 0.2) is 6.33 Å². The van der Waals surface area contributed by atoms with E-state index in [0.717, 1.165) is 23.7 Å². The maximum absolute atomic E-state index is 5.63. The summed E-state index contributed by atoms with van der Waals surface area (Å²) in [6.45, 7) is 0. The molecular weight excluding hydrogens is 200 g/mol. The van der Waals surface area contributed by atoms with Gasteiger partial charge in [-0.2, -0.15) is 0 Å². The van der Waals surface area contributed by atoms with Crippen LogP contribution in [0.5, 0.6) is 0 Å². The van der Waals surface area contributed by atoms with E-state index in [1.165, 1.54) is 32.1 Å². The van der Waals surface area contributed by atoms with Crippen LogP contribution >= 0.6 is 0 Å². The first-order valence-electron chi connectivity index (χ1n) is 6.46. The molecule has 5 rings (SSSR count). The molecule has 4 aliphatic carbocycles. The molecule has 0 saturated heterocycles. The van der Waals surface area contributed by atoms with Crippen LogP contribution in [0.25, 0.3) is 0 Å². The second-order valence-corrected chi connectivity index (χ2v) is 6.00. The van der Waals surface area contributed by atoms with Crippen molar-refractivity contribution in [2.24, 2.45) is 23.7 Å². The Morgan fingerprint density at radius 3 is 2.19 bits per heavy atom. The SMILES string of the molecule is Nc1ncn(C2C3CC4CC(C3)CC2C4)n1. The van der Waals surface area contributed by atoms with Gasteiger partial charge in [0, 0.05) is 0 Å². The molecule has 0 unspecified atom stereocenters. The minimum absolute atomic E-state index is 0.425. The fourth-order valence-corrected chi connectivity index (χ4v) is 4.76. The summed E-state index contributed by atoms with van der Waals surface area (Å²) >= 11 is 0. The highest BCUT2D eigenvalue weighted by Gasteiger charge is 2.49. The molecule has 0 aliphatic heterocycles. The van der Waals surface area contributed by atoms with Crippen molar-refractivity contribution in [1.82, 2.24) is 14.8 Å². The van der Waals surface area contributed by atoms with Gasteiger partial charge in [0.25, 0.3) is 0 Å². The standard InChI is InChI=1S/C12H18N4/c13-12-14-6-16(15-12)11-9-2-7-1-8(4-9)5-10(11)3-7/h6-11H,1-5H2,(H2,13,15). The van der Waals surface area contributed by atoms with Crippen LogP contribution in [0.4, 0.5) is 5.95 Å². The van der Waals surface area contributed by atoms with E-state index in [4.69, 9.17) is 5.73 Å². The van der Waals surface area contributed by atoms with Crippen LogP contribution in [-0.4, -0.2) is 14.8 Å². The molecule has 4 aliphatic rings. The highest BCUT2D eigenvalue weighted by atomic mass is 15.4. The summed E-state index contributed by atoms with van der Waals surface area (Å²) in [5.41, 5.74) is 5.63. The van der Waals surface area contributed by atoms with Crippen molar-refractivity contribution in [2.75, 3.05) is 5.73 Å². The number of anilines is 1. The molecule has 4 fully saturated rings. The van der Waals surface area contributed by atoms with Gasteiger partial charge in [-0.1, -0.05) is 0 Å². The lowest BCUT2D eigenvalue weighted by molar-refractivity contribution is -0.0336. The van der Waals surface area contributed by atoms with E-state index in [0.29, 0.717) is 12.0 Å². The molecule has 4 heteroatoms. The van der Waals surface area contributed by atoms with Crippen LogP contribution in [-0.2, 0) is 0 Å². The molecule has 16 heavy (non-hydrogen) atoms. The summed E-state index contributed by atoms with van der Waals surface area (Å²) < 4.78 is 2.06. The zero-order valence-corrected chi connectivity index (χ0v) is 9.42. The number of aromatic nitrogens is 3. The van der Waals surface area contributed by atoms with Crippen LogP contribution in [0.1, 0.15) is 38.1 Å². The molecule has 1 heterocycles. The normalized spacial score (nSPS) is 45.1. The maximum Gasteiger partial charge on any atom is 0.239 e. The summed E-state index contributed by atoms with van der Waals surface area (Å²) in [5, 5.41) is 4.34. The summed E-state index contributed by atoms with van der Waals surface area (Å²) in [5.74, 6) is 4.14. The van der Waals surface area contributed by atoms with Crippen LogP contribution in [0, 0.1) is 23.7 Å². The molecule has 0 spiro atoms. The summed E-state index contributed by atoms with van der Waals surface area (Å²) in [4.78, 5) is 4.08. The quantitative estimate of drug-likeness (QED) is 0.782. The Balaban J connectivity index is 1.69. The van der Waals surface area contributed by atoms with Gasteiger partial charge in [0.05, 0.1) is 6.04 Å².